The predicted molar refractivity (Wildman–Crippen MR) is 48.3 cm³/mol. The number of hydrogen-bond donors (Lipinski definition) is 1. The number of imidazole rings is 1. The van der Waals surface area contributed by atoms with Crippen LogP contribution < -0.4 is 0 Å². The van der Waals surface area contributed by atoms with Crippen molar-refractivity contribution in [3.05, 3.63) is 24.3 Å². The predicted octanol–water partition coefficient (Wildman–Crippen LogP) is 1.74. The third-order valence-corrected chi connectivity index (χ3v) is 1.85. The second-order valence-electron chi connectivity index (χ2n) is 2.52. The largest absolute Gasteiger partial charge is 0.341 e. The van der Waals surface area contributed by atoms with Crippen molar-refractivity contribution in [1.82, 2.24) is 15.0 Å². The Morgan fingerprint density at radius 2 is 2.42 bits per heavy atom. The van der Waals surface area contributed by atoms with Gasteiger partial charge < -0.3 is 4.98 Å². The number of fused-ring (bicyclic) bond motifs is 1. The average molecular weight is 182 g/mol. The van der Waals surface area contributed by atoms with Crippen molar-refractivity contribution >= 4 is 22.6 Å². The van der Waals surface area contributed by atoms with Crippen molar-refractivity contribution in [2.45, 2.75) is 6.42 Å². The first-order chi connectivity index (χ1) is 5.90. The van der Waals surface area contributed by atoms with Gasteiger partial charge in [-0.05, 0) is 6.07 Å². The lowest BCUT2D eigenvalue weighted by Gasteiger charge is -1.85. The minimum atomic E-state index is 0.591. The molecule has 0 saturated carbocycles. The number of nitrogens with zero attached hydrogens (tertiary/aromatic N) is 2. The summed E-state index contributed by atoms with van der Waals surface area (Å²) >= 11 is 5.59. The summed E-state index contributed by atoms with van der Waals surface area (Å²) in [5.74, 6) is 1.51. The van der Waals surface area contributed by atoms with Gasteiger partial charge in [-0.3, -0.25) is 4.98 Å². The minimum Gasteiger partial charge on any atom is -0.341 e. The Hall–Kier alpha value is -1.09. The number of hydrogen-bond acceptors (Lipinski definition) is 2. The van der Waals surface area contributed by atoms with Crippen molar-refractivity contribution in [3.63, 3.8) is 0 Å². The maximum atomic E-state index is 5.59. The molecule has 1 N–H and O–H groups in total. The van der Waals surface area contributed by atoms with Gasteiger partial charge in [-0.15, -0.1) is 11.6 Å². The summed E-state index contributed by atoms with van der Waals surface area (Å²) in [6.45, 7) is 0. The summed E-state index contributed by atoms with van der Waals surface area (Å²) in [5.41, 5.74) is 1.92. The molecular formula is C8H8ClN3. The summed E-state index contributed by atoms with van der Waals surface area (Å²) in [6.07, 6.45) is 4.27. The van der Waals surface area contributed by atoms with Gasteiger partial charge in [-0.1, -0.05) is 0 Å². The van der Waals surface area contributed by atoms with Gasteiger partial charge in [0.1, 0.15) is 5.82 Å². The molecule has 0 radical (unpaired) electrons. The first kappa shape index (κ1) is 7.55. The summed E-state index contributed by atoms with van der Waals surface area (Å²) in [4.78, 5) is 11.4. The van der Waals surface area contributed by atoms with E-state index in [0.717, 1.165) is 23.3 Å². The molecule has 4 heteroatoms. The fourth-order valence-electron chi connectivity index (χ4n) is 1.12. The zero-order valence-corrected chi connectivity index (χ0v) is 7.17. The van der Waals surface area contributed by atoms with Crippen LogP contribution in [0.2, 0.25) is 0 Å². The number of aromatic amines is 1. The van der Waals surface area contributed by atoms with Crippen LogP contribution in [-0.2, 0) is 6.42 Å². The van der Waals surface area contributed by atoms with Crippen LogP contribution in [0.1, 0.15) is 5.82 Å². The van der Waals surface area contributed by atoms with E-state index in [1.54, 1.807) is 12.4 Å². The van der Waals surface area contributed by atoms with Crippen LogP contribution in [-0.4, -0.2) is 20.8 Å². The Bertz CT molecular complexity index is 349. The lowest BCUT2D eigenvalue weighted by molar-refractivity contribution is 1.01. The van der Waals surface area contributed by atoms with Crippen LogP contribution in [0.15, 0.2) is 18.5 Å². The molecule has 2 rings (SSSR count). The van der Waals surface area contributed by atoms with E-state index in [-0.39, 0.29) is 0 Å². The number of aromatic nitrogens is 3. The average Bonchev–Trinajstić information content (AvgIpc) is 2.47. The molecule has 0 aromatic carbocycles. The van der Waals surface area contributed by atoms with E-state index in [0.29, 0.717) is 5.88 Å². The van der Waals surface area contributed by atoms with Crippen LogP contribution >= 0.6 is 11.6 Å². The molecule has 0 bridgehead atoms. The van der Waals surface area contributed by atoms with Crippen LogP contribution in [0.5, 0.6) is 0 Å². The standard InChI is InChI=1S/C8H8ClN3/c9-3-1-8-11-6-2-4-10-5-7(6)12-8/h2,4-5H,1,3H2,(H,11,12). The highest BCUT2D eigenvalue weighted by molar-refractivity contribution is 6.17. The molecule has 12 heavy (non-hydrogen) atoms. The number of halogens is 1. The fraction of sp³-hybridized carbons (Fsp3) is 0.250. The molecule has 0 unspecified atom stereocenters. The first-order valence-corrected chi connectivity index (χ1v) is 4.28. The molecule has 2 heterocycles. The molecule has 0 aliphatic heterocycles. The Kier molecular flexibility index (Phi) is 1.96. The zero-order chi connectivity index (χ0) is 8.39. The summed E-state index contributed by atoms with van der Waals surface area (Å²) < 4.78 is 0. The molecule has 2 aromatic heterocycles. The summed E-state index contributed by atoms with van der Waals surface area (Å²) in [7, 11) is 0. The molecule has 62 valence electrons. The molecule has 2 aromatic rings. The Morgan fingerprint density at radius 1 is 1.50 bits per heavy atom. The smallest absolute Gasteiger partial charge is 0.108 e. The van der Waals surface area contributed by atoms with Crippen molar-refractivity contribution < 1.29 is 0 Å². The Labute approximate surface area is 74.8 Å². The van der Waals surface area contributed by atoms with E-state index in [1.807, 2.05) is 6.07 Å². The van der Waals surface area contributed by atoms with E-state index in [1.165, 1.54) is 0 Å². The minimum absolute atomic E-state index is 0.591. The highest BCUT2D eigenvalue weighted by Gasteiger charge is 1.99. The zero-order valence-electron chi connectivity index (χ0n) is 6.42. The van der Waals surface area contributed by atoms with Gasteiger partial charge >= 0.3 is 0 Å². The molecule has 0 atom stereocenters. The second-order valence-corrected chi connectivity index (χ2v) is 2.89. The highest BCUT2D eigenvalue weighted by atomic mass is 35.5. The van der Waals surface area contributed by atoms with Gasteiger partial charge in [-0.25, -0.2) is 4.98 Å². The number of rotatable bonds is 2. The van der Waals surface area contributed by atoms with Crippen LogP contribution in [0.3, 0.4) is 0 Å². The molecule has 0 aliphatic rings. The maximum Gasteiger partial charge on any atom is 0.108 e. The van der Waals surface area contributed by atoms with E-state index >= 15 is 0 Å². The Morgan fingerprint density at radius 3 is 3.17 bits per heavy atom. The van der Waals surface area contributed by atoms with Crippen LogP contribution in [0.4, 0.5) is 0 Å². The third kappa shape index (κ3) is 1.28. The highest BCUT2D eigenvalue weighted by Crippen LogP contribution is 2.08. The van der Waals surface area contributed by atoms with Gasteiger partial charge in [0, 0.05) is 18.5 Å². The SMILES string of the molecule is ClCCc1nc2ccncc2[nH]1. The molecular weight excluding hydrogens is 174 g/mol. The number of alkyl halides is 1. The topological polar surface area (TPSA) is 41.6 Å². The monoisotopic (exact) mass is 181 g/mol. The molecule has 0 spiro atoms. The first-order valence-electron chi connectivity index (χ1n) is 3.75. The second kappa shape index (κ2) is 3.11. The quantitative estimate of drug-likeness (QED) is 0.718. The summed E-state index contributed by atoms with van der Waals surface area (Å²) in [6, 6.07) is 1.88. The van der Waals surface area contributed by atoms with Crippen LogP contribution in [0.25, 0.3) is 11.0 Å². The van der Waals surface area contributed by atoms with Crippen molar-refractivity contribution in [2.24, 2.45) is 0 Å². The maximum absolute atomic E-state index is 5.59. The van der Waals surface area contributed by atoms with Gasteiger partial charge in [0.15, 0.2) is 0 Å². The Balaban J connectivity index is 2.47. The van der Waals surface area contributed by atoms with Gasteiger partial charge in [0.2, 0.25) is 0 Å². The molecule has 0 saturated heterocycles. The van der Waals surface area contributed by atoms with E-state index in [9.17, 15) is 0 Å². The fourth-order valence-corrected chi connectivity index (χ4v) is 1.30. The van der Waals surface area contributed by atoms with Crippen molar-refractivity contribution in [1.29, 1.82) is 0 Å². The van der Waals surface area contributed by atoms with Crippen LogP contribution in [0, 0.1) is 0 Å². The van der Waals surface area contributed by atoms with Crippen molar-refractivity contribution in [3.8, 4) is 0 Å². The molecule has 3 nitrogen and oxygen atoms in total. The summed E-state index contributed by atoms with van der Waals surface area (Å²) in [5, 5.41) is 0. The van der Waals surface area contributed by atoms with E-state index in [2.05, 4.69) is 15.0 Å². The number of nitrogens with one attached hydrogen (secondary N) is 1. The molecule has 0 amide bonds. The van der Waals surface area contributed by atoms with Crippen molar-refractivity contribution in [2.75, 3.05) is 5.88 Å². The third-order valence-electron chi connectivity index (χ3n) is 1.66. The van der Waals surface area contributed by atoms with Gasteiger partial charge in [0.25, 0.3) is 0 Å². The molecule has 0 fully saturated rings. The number of pyridine rings is 1. The lowest BCUT2D eigenvalue weighted by atomic mass is 10.4. The number of H-pyrrole nitrogens is 1. The van der Waals surface area contributed by atoms with E-state index < -0.39 is 0 Å². The van der Waals surface area contributed by atoms with Gasteiger partial charge in [0.05, 0.1) is 17.2 Å². The molecule has 0 aliphatic carbocycles. The van der Waals surface area contributed by atoms with E-state index in [4.69, 9.17) is 11.6 Å². The normalized spacial score (nSPS) is 10.8. The van der Waals surface area contributed by atoms with Gasteiger partial charge in [-0.2, -0.15) is 0 Å². The number of aryl methyl sites for hydroxylation is 1. The lowest BCUT2D eigenvalue weighted by Crippen LogP contribution is -1.87.